The summed E-state index contributed by atoms with van der Waals surface area (Å²) in [4.78, 5) is 22.4. The minimum Gasteiger partial charge on any atom is -0.465 e. The molecular weight excluding hydrogens is 313 g/mol. The first-order chi connectivity index (χ1) is 9.74. The Labute approximate surface area is 123 Å². The van der Waals surface area contributed by atoms with Gasteiger partial charge in [-0.05, 0) is 25.1 Å². The summed E-state index contributed by atoms with van der Waals surface area (Å²) in [7, 11) is 0. The molecule has 9 heteroatoms. The molecule has 0 atom stereocenters. The van der Waals surface area contributed by atoms with Crippen molar-refractivity contribution in [3.05, 3.63) is 28.8 Å². The Bertz CT molecular complexity index is 535. The zero-order valence-corrected chi connectivity index (χ0v) is 11.6. The highest BCUT2D eigenvalue weighted by Gasteiger charge is 2.33. The van der Waals surface area contributed by atoms with Crippen molar-refractivity contribution in [3.8, 4) is 0 Å². The molecule has 2 amide bonds. The second-order valence-corrected chi connectivity index (χ2v) is 4.21. The van der Waals surface area contributed by atoms with Crippen LogP contribution in [0.1, 0.15) is 12.5 Å². The number of ether oxygens (including phenoxy) is 1. The summed E-state index contributed by atoms with van der Waals surface area (Å²) >= 11 is 5.45. The lowest BCUT2D eigenvalue weighted by atomic mass is 10.2. The second-order valence-electron chi connectivity index (χ2n) is 3.81. The summed E-state index contributed by atoms with van der Waals surface area (Å²) in [6, 6.07) is 2.09. The molecule has 2 N–H and O–H groups in total. The molecule has 1 rings (SSSR count). The first-order valence-corrected chi connectivity index (χ1v) is 6.19. The fourth-order valence-electron chi connectivity index (χ4n) is 1.36. The maximum atomic E-state index is 12.6. The van der Waals surface area contributed by atoms with Gasteiger partial charge in [-0.1, -0.05) is 11.6 Å². The van der Waals surface area contributed by atoms with Crippen LogP contribution >= 0.6 is 11.6 Å². The van der Waals surface area contributed by atoms with Gasteiger partial charge in [0.05, 0.1) is 17.2 Å². The highest BCUT2D eigenvalue weighted by atomic mass is 35.5. The van der Waals surface area contributed by atoms with Crippen molar-refractivity contribution in [2.75, 3.05) is 18.5 Å². The van der Waals surface area contributed by atoms with E-state index in [2.05, 4.69) is 15.4 Å². The molecule has 0 aliphatic rings. The largest absolute Gasteiger partial charge is 0.465 e. The smallest absolute Gasteiger partial charge is 0.417 e. The van der Waals surface area contributed by atoms with Crippen LogP contribution in [-0.2, 0) is 15.7 Å². The van der Waals surface area contributed by atoms with Gasteiger partial charge in [0, 0.05) is 5.69 Å². The predicted octanol–water partition coefficient (Wildman–Crippen LogP) is 3.04. The molecule has 116 valence electrons. The molecule has 0 saturated heterocycles. The molecular formula is C12H12ClF3N2O3. The highest BCUT2D eigenvalue weighted by molar-refractivity contribution is 6.31. The van der Waals surface area contributed by atoms with Crippen molar-refractivity contribution in [1.82, 2.24) is 5.32 Å². The second kappa shape index (κ2) is 7.16. The number of carbonyl (C=O) groups is 2. The number of urea groups is 1. The molecule has 1 aromatic rings. The fourth-order valence-corrected chi connectivity index (χ4v) is 1.58. The summed E-state index contributed by atoms with van der Waals surface area (Å²) in [6.07, 6.45) is -4.63. The Hall–Kier alpha value is -1.96. The minimum atomic E-state index is -4.63. The molecule has 0 aliphatic heterocycles. The van der Waals surface area contributed by atoms with Gasteiger partial charge >= 0.3 is 18.2 Å². The van der Waals surface area contributed by atoms with E-state index in [0.29, 0.717) is 6.07 Å². The van der Waals surface area contributed by atoms with Gasteiger partial charge < -0.3 is 15.4 Å². The van der Waals surface area contributed by atoms with E-state index in [0.717, 1.165) is 6.07 Å². The summed E-state index contributed by atoms with van der Waals surface area (Å²) in [5.74, 6) is -0.653. The van der Waals surface area contributed by atoms with Crippen LogP contribution in [-0.4, -0.2) is 25.2 Å². The number of hydrogen-bond acceptors (Lipinski definition) is 3. The van der Waals surface area contributed by atoms with Crippen LogP contribution in [0.2, 0.25) is 5.02 Å². The number of hydrogen-bond donors (Lipinski definition) is 2. The average Bonchev–Trinajstić information content (AvgIpc) is 2.38. The lowest BCUT2D eigenvalue weighted by molar-refractivity contribution is -0.141. The Morgan fingerprint density at radius 2 is 2.00 bits per heavy atom. The van der Waals surface area contributed by atoms with E-state index in [1.54, 1.807) is 6.92 Å². The van der Waals surface area contributed by atoms with E-state index < -0.39 is 28.8 Å². The Morgan fingerprint density at radius 1 is 1.33 bits per heavy atom. The van der Waals surface area contributed by atoms with Crippen LogP contribution in [0.3, 0.4) is 0 Å². The van der Waals surface area contributed by atoms with Crippen molar-refractivity contribution >= 4 is 29.3 Å². The molecule has 21 heavy (non-hydrogen) atoms. The summed E-state index contributed by atoms with van der Waals surface area (Å²) < 4.78 is 42.5. The van der Waals surface area contributed by atoms with E-state index in [-0.39, 0.29) is 18.8 Å². The van der Waals surface area contributed by atoms with Crippen LogP contribution in [0.25, 0.3) is 0 Å². The molecule has 0 saturated carbocycles. The molecule has 5 nitrogen and oxygen atoms in total. The number of esters is 1. The van der Waals surface area contributed by atoms with E-state index in [4.69, 9.17) is 11.6 Å². The van der Waals surface area contributed by atoms with Crippen LogP contribution in [0.5, 0.6) is 0 Å². The van der Waals surface area contributed by atoms with Crippen molar-refractivity contribution in [2.45, 2.75) is 13.1 Å². The highest BCUT2D eigenvalue weighted by Crippen LogP contribution is 2.36. The lowest BCUT2D eigenvalue weighted by Crippen LogP contribution is -2.34. The molecule has 0 bridgehead atoms. The number of halogens is 4. The van der Waals surface area contributed by atoms with E-state index >= 15 is 0 Å². The Balaban J connectivity index is 2.67. The third kappa shape index (κ3) is 5.50. The van der Waals surface area contributed by atoms with Crippen molar-refractivity contribution < 1.29 is 27.5 Å². The molecule has 1 aromatic carbocycles. The average molecular weight is 325 g/mol. The number of anilines is 1. The van der Waals surface area contributed by atoms with Gasteiger partial charge in [-0.3, -0.25) is 4.79 Å². The summed E-state index contributed by atoms with van der Waals surface area (Å²) in [5, 5.41) is 3.84. The Kier molecular flexibility index (Phi) is 5.83. The minimum absolute atomic E-state index is 0.104. The zero-order valence-electron chi connectivity index (χ0n) is 10.9. The first-order valence-electron chi connectivity index (χ1n) is 5.81. The third-order valence-electron chi connectivity index (χ3n) is 2.23. The maximum absolute atomic E-state index is 12.6. The lowest BCUT2D eigenvalue weighted by Gasteiger charge is -2.12. The third-order valence-corrected chi connectivity index (χ3v) is 2.56. The van der Waals surface area contributed by atoms with Crippen molar-refractivity contribution in [3.63, 3.8) is 0 Å². The SMILES string of the molecule is CCOC(=O)CNC(=O)Nc1ccc(Cl)c(C(F)(F)F)c1. The summed E-state index contributed by atoms with van der Waals surface area (Å²) in [6.45, 7) is 1.37. The monoisotopic (exact) mass is 324 g/mol. The van der Waals surface area contributed by atoms with Crippen LogP contribution < -0.4 is 10.6 Å². The quantitative estimate of drug-likeness (QED) is 0.837. The Morgan fingerprint density at radius 3 is 2.57 bits per heavy atom. The van der Waals surface area contributed by atoms with Gasteiger partial charge in [0.1, 0.15) is 6.54 Å². The molecule has 0 fully saturated rings. The van der Waals surface area contributed by atoms with Gasteiger partial charge in [0.25, 0.3) is 0 Å². The number of alkyl halides is 3. The van der Waals surface area contributed by atoms with Crippen LogP contribution in [0.4, 0.5) is 23.7 Å². The maximum Gasteiger partial charge on any atom is 0.417 e. The number of carbonyl (C=O) groups excluding carboxylic acids is 2. The molecule has 0 unspecified atom stereocenters. The van der Waals surface area contributed by atoms with Gasteiger partial charge in [-0.2, -0.15) is 13.2 Å². The van der Waals surface area contributed by atoms with E-state index in [9.17, 15) is 22.8 Å². The number of benzene rings is 1. The number of amides is 2. The fraction of sp³-hybridized carbons (Fsp3) is 0.333. The summed E-state index contributed by atoms with van der Waals surface area (Å²) in [5.41, 5.74) is -1.17. The first kappa shape index (κ1) is 17.1. The van der Waals surface area contributed by atoms with E-state index in [1.807, 2.05) is 0 Å². The normalized spacial score (nSPS) is 10.9. The molecule has 0 spiro atoms. The number of nitrogens with one attached hydrogen (secondary N) is 2. The van der Waals surface area contributed by atoms with Gasteiger partial charge in [-0.15, -0.1) is 0 Å². The van der Waals surface area contributed by atoms with Crippen LogP contribution in [0.15, 0.2) is 18.2 Å². The standard InChI is InChI=1S/C12H12ClF3N2O3/c1-2-21-10(19)6-17-11(20)18-7-3-4-9(13)8(5-7)12(14,15)16/h3-5H,2,6H2,1H3,(H2,17,18,20). The van der Waals surface area contributed by atoms with Gasteiger partial charge in [-0.25, -0.2) is 4.79 Å². The van der Waals surface area contributed by atoms with Crippen molar-refractivity contribution in [2.24, 2.45) is 0 Å². The van der Waals surface area contributed by atoms with E-state index in [1.165, 1.54) is 6.07 Å². The van der Waals surface area contributed by atoms with Crippen LogP contribution in [0, 0.1) is 0 Å². The molecule has 0 heterocycles. The van der Waals surface area contributed by atoms with Gasteiger partial charge in [0.2, 0.25) is 0 Å². The molecule has 0 aliphatic carbocycles. The predicted molar refractivity (Wildman–Crippen MR) is 70.1 cm³/mol. The topological polar surface area (TPSA) is 67.4 Å². The van der Waals surface area contributed by atoms with Crippen molar-refractivity contribution in [1.29, 1.82) is 0 Å². The molecule has 0 radical (unpaired) electrons. The van der Waals surface area contributed by atoms with Gasteiger partial charge in [0.15, 0.2) is 0 Å². The number of rotatable bonds is 4. The zero-order chi connectivity index (χ0) is 16.0. The molecule has 0 aromatic heterocycles.